The number of hydrogen-bond acceptors (Lipinski definition) is 4. The molecule has 0 spiro atoms. The Morgan fingerprint density at radius 1 is 1.43 bits per heavy atom. The van der Waals surface area contributed by atoms with Gasteiger partial charge in [-0.1, -0.05) is 12.1 Å². The van der Waals surface area contributed by atoms with E-state index in [9.17, 15) is 19.3 Å². The minimum atomic E-state index is -0.831. The predicted molar refractivity (Wildman–Crippen MR) is 75.2 cm³/mol. The lowest BCUT2D eigenvalue weighted by atomic mass is 10.1. The van der Waals surface area contributed by atoms with Gasteiger partial charge in [-0.25, -0.2) is 0 Å². The molecule has 1 saturated heterocycles. The molecule has 7 heteroatoms. The normalized spacial score (nSPS) is 14.7. The second-order valence-electron chi connectivity index (χ2n) is 5.27. The second kappa shape index (κ2) is 6.62. The minimum Gasteiger partial charge on any atom is -0.342 e. The van der Waals surface area contributed by atoms with Crippen LogP contribution in [0, 0.1) is 15.9 Å². The highest BCUT2D eigenvalue weighted by Crippen LogP contribution is 2.21. The number of carbonyl (C=O) groups excluding carboxylic acids is 1. The quantitative estimate of drug-likeness (QED) is 0.613. The first-order valence-corrected chi connectivity index (χ1v) is 6.87. The number of carbonyl (C=O) groups is 1. The maximum absolute atomic E-state index is 14.0. The van der Waals surface area contributed by atoms with Crippen LogP contribution in [0.4, 0.5) is 10.1 Å². The molecule has 0 radical (unpaired) electrons. The maximum atomic E-state index is 14.0. The smallest absolute Gasteiger partial charge is 0.305 e. The third kappa shape index (κ3) is 3.75. The zero-order chi connectivity index (χ0) is 15.4. The molecule has 1 aromatic rings. The topological polar surface area (TPSA) is 66.7 Å². The fourth-order valence-electron chi connectivity index (χ4n) is 2.47. The van der Waals surface area contributed by atoms with Gasteiger partial charge in [-0.2, -0.15) is 4.39 Å². The van der Waals surface area contributed by atoms with E-state index in [1.54, 1.807) is 16.8 Å². The van der Waals surface area contributed by atoms with Gasteiger partial charge in [0.25, 0.3) is 0 Å². The van der Waals surface area contributed by atoms with Crippen LogP contribution in [-0.4, -0.2) is 47.3 Å². The van der Waals surface area contributed by atoms with Crippen molar-refractivity contribution in [1.82, 2.24) is 9.80 Å². The summed E-state index contributed by atoms with van der Waals surface area (Å²) in [5, 5.41) is 10.7. The standard InChI is InChI=1S/C14H18FN3O3/c1-16(10-13(19)17-7-2-3-8-17)9-11-5-4-6-12(14(11)15)18(20)21/h4-6H,2-3,7-10H2,1H3. The molecule has 0 bridgehead atoms. The van der Waals surface area contributed by atoms with Gasteiger partial charge in [-0.05, 0) is 19.9 Å². The number of benzene rings is 1. The Morgan fingerprint density at radius 3 is 2.71 bits per heavy atom. The molecule has 114 valence electrons. The molecule has 1 aliphatic rings. The van der Waals surface area contributed by atoms with E-state index in [4.69, 9.17) is 0 Å². The Labute approximate surface area is 122 Å². The zero-order valence-electron chi connectivity index (χ0n) is 11.9. The van der Waals surface area contributed by atoms with Gasteiger partial charge in [0.15, 0.2) is 0 Å². The molecule has 0 aliphatic carbocycles. The van der Waals surface area contributed by atoms with Crippen molar-refractivity contribution in [2.75, 3.05) is 26.7 Å². The van der Waals surface area contributed by atoms with E-state index in [2.05, 4.69) is 0 Å². The lowest BCUT2D eigenvalue weighted by Crippen LogP contribution is -2.37. The van der Waals surface area contributed by atoms with Crippen LogP contribution in [0.15, 0.2) is 18.2 Å². The van der Waals surface area contributed by atoms with E-state index in [1.165, 1.54) is 12.1 Å². The highest BCUT2D eigenvalue weighted by Gasteiger charge is 2.21. The van der Waals surface area contributed by atoms with E-state index in [0.717, 1.165) is 32.0 Å². The molecule has 1 aliphatic heterocycles. The highest BCUT2D eigenvalue weighted by atomic mass is 19.1. The van der Waals surface area contributed by atoms with Gasteiger partial charge < -0.3 is 4.90 Å². The van der Waals surface area contributed by atoms with Crippen LogP contribution >= 0.6 is 0 Å². The summed E-state index contributed by atoms with van der Waals surface area (Å²) in [7, 11) is 1.70. The summed E-state index contributed by atoms with van der Waals surface area (Å²) in [6, 6.07) is 4.08. The summed E-state index contributed by atoms with van der Waals surface area (Å²) in [6.07, 6.45) is 2.05. The molecule has 1 aromatic carbocycles. The first kappa shape index (κ1) is 15.4. The molecule has 2 rings (SSSR count). The summed E-state index contributed by atoms with van der Waals surface area (Å²) in [5.74, 6) is -0.816. The average molecular weight is 295 g/mol. The first-order chi connectivity index (χ1) is 9.99. The van der Waals surface area contributed by atoms with E-state index in [1.807, 2.05) is 0 Å². The number of nitrogens with zero attached hydrogens (tertiary/aromatic N) is 3. The Kier molecular flexibility index (Phi) is 4.85. The average Bonchev–Trinajstić information content (AvgIpc) is 2.94. The predicted octanol–water partition coefficient (Wildman–Crippen LogP) is 1.79. The van der Waals surface area contributed by atoms with Crippen LogP contribution in [0.3, 0.4) is 0 Å². The number of nitro groups is 1. The van der Waals surface area contributed by atoms with Gasteiger partial charge >= 0.3 is 5.69 Å². The van der Waals surface area contributed by atoms with Crippen molar-refractivity contribution >= 4 is 11.6 Å². The van der Waals surface area contributed by atoms with Crippen molar-refractivity contribution in [2.45, 2.75) is 19.4 Å². The Balaban J connectivity index is 1.99. The molecular formula is C14H18FN3O3. The summed E-state index contributed by atoms with van der Waals surface area (Å²) in [6.45, 7) is 1.89. The molecule has 0 saturated carbocycles. The lowest BCUT2D eigenvalue weighted by molar-refractivity contribution is -0.387. The van der Waals surface area contributed by atoms with E-state index >= 15 is 0 Å². The SMILES string of the molecule is CN(CC(=O)N1CCCC1)Cc1cccc([N+](=O)[O-])c1F. The van der Waals surface area contributed by atoms with Gasteiger partial charge in [0, 0.05) is 31.3 Å². The van der Waals surface area contributed by atoms with E-state index in [-0.39, 0.29) is 24.6 Å². The summed E-state index contributed by atoms with van der Waals surface area (Å²) >= 11 is 0. The number of nitro benzene ring substituents is 1. The van der Waals surface area contributed by atoms with Crippen LogP contribution in [0.25, 0.3) is 0 Å². The van der Waals surface area contributed by atoms with Crippen molar-refractivity contribution in [3.05, 3.63) is 39.7 Å². The van der Waals surface area contributed by atoms with Crippen LogP contribution in [0.1, 0.15) is 18.4 Å². The van der Waals surface area contributed by atoms with Crippen molar-refractivity contribution in [3.63, 3.8) is 0 Å². The zero-order valence-corrected chi connectivity index (χ0v) is 11.9. The van der Waals surface area contributed by atoms with Crippen molar-refractivity contribution in [1.29, 1.82) is 0 Å². The lowest BCUT2D eigenvalue weighted by Gasteiger charge is -2.21. The molecule has 0 unspecified atom stereocenters. The largest absolute Gasteiger partial charge is 0.342 e. The summed E-state index contributed by atoms with van der Waals surface area (Å²) < 4.78 is 14.0. The van der Waals surface area contributed by atoms with Crippen LogP contribution in [-0.2, 0) is 11.3 Å². The number of likely N-dealkylation sites (N-methyl/N-ethyl adjacent to an activating group) is 1. The van der Waals surface area contributed by atoms with Crippen LogP contribution in [0.2, 0.25) is 0 Å². The minimum absolute atomic E-state index is 0.0147. The fourth-order valence-corrected chi connectivity index (χ4v) is 2.47. The molecule has 1 fully saturated rings. The number of rotatable bonds is 5. The summed E-state index contributed by atoms with van der Waals surface area (Å²) in [4.78, 5) is 25.4. The highest BCUT2D eigenvalue weighted by molar-refractivity contribution is 5.78. The fraction of sp³-hybridized carbons (Fsp3) is 0.500. The van der Waals surface area contributed by atoms with E-state index < -0.39 is 16.4 Å². The molecule has 6 nitrogen and oxygen atoms in total. The Bertz CT molecular complexity index is 544. The molecule has 0 atom stereocenters. The number of halogens is 1. The van der Waals surface area contributed by atoms with Crippen molar-refractivity contribution in [3.8, 4) is 0 Å². The molecule has 1 heterocycles. The summed E-state index contributed by atoms with van der Waals surface area (Å²) in [5.41, 5.74) is -0.312. The number of likely N-dealkylation sites (tertiary alicyclic amines) is 1. The number of amides is 1. The van der Waals surface area contributed by atoms with Crippen molar-refractivity contribution in [2.24, 2.45) is 0 Å². The molecule has 1 amide bonds. The van der Waals surface area contributed by atoms with Gasteiger partial charge in [-0.15, -0.1) is 0 Å². The maximum Gasteiger partial charge on any atom is 0.305 e. The second-order valence-corrected chi connectivity index (χ2v) is 5.27. The molecular weight excluding hydrogens is 277 g/mol. The Hall–Kier alpha value is -2.02. The molecule has 21 heavy (non-hydrogen) atoms. The van der Waals surface area contributed by atoms with Crippen LogP contribution in [0.5, 0.6) is 0 Å². The van der Waals surface area contributed by atoms with E-state index in [0.29, 0.717) is 0 Å². The molecule has 0 aromatic heterocycles. The van der Waals surface area contributed by atoms with Gasteiger partial charge in [-0.3, -0.25) is 19.8 Å². The van der Waals surface area contributed by atoms with Gasteiger partial charge in [0.1, 0.15) is 0 Å². The number of hydrogen-bond donors (Lipinski definition) is 0. The monoisotopic (exact) mass is 295 g/mol. The first-order valence-electron chi connectivity index (χ1n) is 6.87. The third-order valence-electron chi connectivity index (χ3n) is 3.56. The van der Waals surface area contributed by atoms with Crippen molar-refractivity contribution < 1.29 is 14.1 Å². The van der Waals surface area contributed by atoms with Crippen LogP contribution < -0.4 is 0 Å². The third-order valence-corrected chi connectivity index (χ3v) is 3.56. The molecule has 0 N–H and O–H groups in total. The van der Waals surface area contributed by atoms with Gasteiger partial charge in [0.2, 0.25) is 11.7 Å². The Morgan fingerprint density at radius 2 is 2.10 bits per heavy atom. The van der Waals surface area contributed by atoms with Gasteiger partial charge in [0.05, 0.1) is 11.5 Å².